The van der Waals surface area contributed by atoms with Gasteiger partial charge in [0.05, 0.1) is 10.6 Å². The molecule has 2 aromatic carbocycles. The van der Waals surface area contributed by atoms with Crippen LogP contribution in [0.25, 0.3) is 0 Å². The minimum atomic E-state index is -3.21. The average Bonchev–Trinajstić information content (AvgIpc) is 2.78. The molecule has 0 aromatic heterocycles. The third-order valence-corrected chi connectivity index (χ3v) is 7.74. The summed E-state index contributed by atoms with van der Waals surface area (Å²) < 4.78 is 23.9. The van der Waals surface area contributed by atoms with E-state index < -0.39 is 21.5 Å². The van der Waals surface area contributed by atoms with E-state index in [4.69, 9.17) is 0 Å². The van der Waals surface area contributed by atoms with E-state index in [1.54, 1.807) is 31.2 Å². The van der Waals surface area contributed by atoms with E-state index in [0.717, 1.165) is 37.2 Å². The molecular formula is C25H32N2O4S. The molecule has 32 heavy (non-hydrogen) atoms. The monoisotopic (exact) mass is 456 g/mol. The predicted molar refractivity (Wildman–Crippen MR) is 127 cm³/mol. The van der Waals surface area contributed by atoms with Crippen molar-refractivity contribution in [1.82, 2.24) is 5.32 Å². The van der Waals surface area contributed by atoms with E-state index in [1.165, 1.54) is 0 Å². The summed E-state index contributed by atoms with van der Waals surface area (Å²) in [6.45, 7) is 9.38. The molecule has 0 unspecified atom stereocenters. The first-order valence-corrected chi connectivity index (χ1v) is 12.7. The van der Waals surface area contributed by atoms with E-state index in [0.29, 0.717) is 10.5 Å². The highest BCUT2D eigenvalue weighted by atomic mass is 32.2. The van der Waals surface area contributed by atoms with Gasteiger partial charge in [0.25, 0.3) is 5.91 Å². The quantitative estimate of drug-likeness (QED) is 0.529. The van der Waals surface area contributed by atoms with Crippen molar-refractivity contribution in [1.29, 1.82) is 0 Å². The van der Waals surface area contributed by atoms with Crippen LogP contribution in [0.2, 0.25) is 0 Å². The summed E-state index contributed by atoms with van der Waals surface area (Å²) in [6.07, 6.45) is 1.44. The van der Waals surface area contributed by atoms with Gasteiger partial charge in [-0.05, 0) is 48.1 Å². The number of Topliss-reactive ketones (excluding diaryl/α,β-unsaturated/α-hetero) is 1. The Hall–Kier alpha value is -2.67. The number of nitrogens with zero attached hydrogens (tertiary/aromatic N) is 1. The molecule has 0 spiro atoms. The van der Waals surface area contributed by atoms with Crippen molar-refractivity contribution in [3.8, 4) is 0 Å². The van der Waals surface area contributed by atoms with Crippen LogP contribution in [0.15, 0.2) is 53.4 Å². The summed E-state index contributed by atoms with van der Waals surface area (Å²) in [4.78, 5) is 27.5. The van der Waals surface area contributed by atoms with Gasteiger partial charge in [0.15, 0.2) is 9.84 Å². The Bertz CT molecular complexity index is 1060. The molecule has 1 aliphatic heterocycles. The number of hydrogen-bond donors (Lipinski definition) is 1. The van der Waals surface area contributed by atoms with Crippen LogP contribution in [0.5, 0.6) is 0 Å². The van der Waals surface area contributed by atoms with Gasteiger partial charge in [-0.15, -0.1) is 0 Å². The lowest BCUT2D eigenvalue weighted by Crippen LogP contribution is -2.46. The van der Waals surface area contributed by atoms with Crippen molar-refractivity contribution in [3.63, 3.8) is 0 Å². The van der Waals surface area contributed by atoms with Gasteiger partial charge in [0.1, 0.15) is 0 Å². The van der Waals surface area contributed by atoms with Gasteiger partial charge in [-0.25, -0.2) is 8.42 Å². The number of nitrogens with one attached hydrogen (secondary N) is 1. The van der Waals surface area contributed by atoms with Crippen LogP contribution in [0, 0.1) is 0 Å². The normalized spacial score (nSPS) is 15.4. The molecule has 0 atom stereocenters. The second-order valence-electron chi connectivity index (χ2n) is 9.29. The Morgan fingerprint density at radius 3 is 2.03 bits per heavy atom. The number of amides is 1. The number of anilines is 1. The average molecular weight is 457 g/mol. The van der Waals surface area contributed by atoms with Crippen LogP contribution in [0.1, 0.15) is 56.5 Å². The second-order valence-corrected chi connectivity index (χ2v) is 11.6. The lowest BCUT2D eigenvalue weighted by atomic mass is 9.86. The molecule has 1 N–H and O–H groups in total. The van der Waals surface area contributed by atoms with Crippen LogP contribution in [-0.4, -0.2) is 45.0 Å². The van der Waals surface area contributed by atoms with E-state index in [2.05, 4.69) is 31.0 Å². The van der Waals surface area contributed by atoms with Crippen LogP contribution in [0.4, 0.5) is 5.69 Å². The van der Waals surface area contributed by atoms with Crippen molar-refractivity contribution >= 4 is 27.2 Å². The molecule has 1 fully saturated rings. The van der Waals surface area contributed by atoms with Gasteiger partial charge < -0.3 is 10.2 Å². The Morgan fingerprint density at radius 1 is 0.969 bits per heavy atom. The number of carbonyl (C=O) groups excluding carboxylic acids is 2. The fourth-order valence-corrected chi connectivity index (χ4v) is 4.70. The summed E-state index contributed by atoms with van der Waals surface area (Å²) in [7, 11) is -3.21. The number of hydrogen-bond acceptors (Lipinski definition) is 5. The van der Waals surface area contributed by atoms with Crippen molar-refractivity contribution in [2.75, 3.05) is 23.7 Å². The molecule has 2 aromatic rings. The minimum absolute atomic E-state index is 0.0115. The lowest BCUT2D eigenvalue weighted by molar-refractivity contribution is -0.117. The first-order valence-electron chi connectivity index (χ1n) is 11.0. The third-order valence-electron chi connectivity index (χ3n) is 5.99. The molecular weight excluding hydrogens is 424 g/mol. The second kappa shape index (κ2) is 9.45. The molecule has 6 nitrogen and oxygen atoms in total. The van der Waals surface area contributed by atoms with Crippen molar-refractivity contribution in [3.05, 3.63) is 59.7 Å². The number of rotatable bonds is 6. The van der Waals surface area contributed by atoms with Crippen LogP contribution < -0.4 is 10.2 Å². The molecule has 0 bridgehead atoms. The van der Waals surface area contributed by atoms with Crippen LogP contribution in [0.3, 0.4) is 0 Å². The van der Waals surface area contributed by atoms with Gasteiger partial charge in [0, 0.05) is 30.4 Å². The zero-order valence-corrected chi connectivity index (χ0v) is 20.0. The Labute approximate surface area is 190 Å². The van der Waals surface area contributed by atoms with Crippen LogP contribution in [-0.2, 0) is 20.0 Å². The first kappa shape index (κ1) is 24.0. The third kappa shape index (κ3) is 5.57. The number of ketones is 1. The van der Waals surface area contributed by atoms with Gasteiger partial charge in [0.2, 0.25) is 5.78 Å². The predicted octanol–water partition coefficient (Wildman–Crippen LogP) is 3.75. The van der Waals surface area contributed by atoms with E-state index in [9.17, 15) is 18.0 Å². The number of sulfone groups is 1. The van der Waals surface area contributed by atoms with Crippen molar-refractivity contribution in [2.45, 2.75) is 56.9 Å². The van der Waals surface area contributed by atoms with E-state index in [-0.39, 0.29) is 17.2 Å². The molecule has 0 aliphatic carbocycles. The van der Waals surface area contributed by atoms with Gasteiger partial charge in [-0.2, -0.15) is 0 Å². The minimum Gasteiger partial charge on any atom is -0.371 e. The standard InChI is InChI=1S/C25H32N2O4S/c1-5-32(30,31)22-12-10-21(11-13-22)27-16-14-20(15-17-27)26-24(29)23(28)18-6-8-19(9-7-18)25(2,3)4/h6-13,20H,5,14-17H2,1-4H3,(H,26,29). The number of piperidine rings is 1. The molecule has 1 saturated heterocycles. The highest BCUT2D eigenvalue weighted by Gasteiger charge is 2.25. The topological polar surface area (TPSA) is 83.6 Å². The smallest absolute Gasteiger partial charge is 0.292 e. The molecule has 172 valence electrons. The summed E-state index contributed by atoms with van der Waals surface area (Å²) in [5, 5.41) is 2.88. The molecule has 0 radical (unpaired) electrons. The molecule has 1 heterocycles. The first-order chi connectivity index (χ1) is 15.0. The molecule has 1 amide bonds. The summed E-state index contributed by atoms with van der Waals surface area (Å²) in [6, 6.07) is 14.1. The van der Waals surface area contributed by atoms with Crippen molar-refractivity contribution < 1.29 is 18.0 Å². The fraction of sp³-hybridized carbons (Fsp3) is 0.440. The summed E-state index contributed by atoms with van der Waals surface area (Å²) in [5.41, 5.74) is 2.46. The SMILES string of the molecule is CCS(=O)(=O)c1ccc(N2CCC(NC(=O)C(=O)c3ccc(C(C)(C)C)cc3)CC2)cc1. The Morgan fingerprint density at radius 2 is 1.53 bits per heavy atom. The largest absolute Gasteiger partial charge is 0.371 e. The lowest BCUT2D eigenvalue weighted by Gasteiger charge is -2.34. The van der Waals surface area contributed by atoms with Crippen molar-refractivity contribution in [2.24, 2.45) is 0 Å². The maximum Gasteiger partial charge on any atom is 0.292 e. The fourth-order valence-electron chi connectivity index (χ4n) is 3.82. The molecule has 1 aliphatic rings. The summed E-state index contributed by atoms with van der Waals surface area (Å²) in [5.74, 6) is -1.00. The van der Waals surface area contributed by atoms with E-state index in [1.807, 2.05) is 24.3 Å². The highest BCUT2D eigenvalue weighted by Crippen LogP contribution is 2.24. The number of benzene rings is 2. The zero-order valence-electron chi connectivity index (χ0n) is 19.2. The molecule has 7 heteroatoms. The van der Waals surface area contributed by atoms with Gasteiger partial charge >= 0.3 is 0 Å². The van der Waals surface area contributed by atoms with Crippen LogP contribution >= 0.6 is 0 Å². The number of carbonyl (C=O) groups is 2. The summed E-state index contributed by atoms with van der Waals surface area (Å²) >= 11 is 0. The zero-order chi connectivity index (χ0) is 23.5. The Kier molecular flexibility index (Phi) is 7.08. The van der Waals surface area contributed by atoms with E-state index >= 15 is 0 Å². The molecule has 0 saturated carbocycles. The van der Waals surface area contributed by atoms with Gasteiger partial charge in [-0.1, -0.05) is 52.0 Å². The highest BCUT2D eigenvalue weighted by molar-refractivity contribution is 7.91. The Balaban J connectivity index is 1.54. The van der Waals surface area contributed by atoms with Gasteiger partial charge in [-0.3, -0.25) is 9.59 Å². The molecule has 3 rings (SSSR count). The maximum atomic E-state index is 12.5. The maximum absolute atomic E-state index is 12.5.